The molecule has 0 atom stereocenters. The first kappa shape index (κ1) is 32.4. The zero-order valence-corrected chi connectivity index (χ0v) is 26.7. The zero-order valence-electron chi connectivity index (χ0n) is 25.8. The van der Waals surface area contributed by atoms with Gasteiger partial charge in [0.1, 0.15) is 0 Å². The minimum absolute atomic E-state index is 0.965. The second-order valence-electron chi connectivity index (χ2n) is 10.5. The third-order valence-corrected chi connectivity index (χ3v) is 7.93. The van der Waals surface area contributed by atoms with Crippen LogP contribution < -0.4 is 5.73 Å². The van der Waals surface area contributed by atoms with Gasteiger partial charge in [0, 0.05) is 4.90 Å². The van der Waals surface area contributed by atoms with Crippen LogP contribution in [0.4, 0.5) is 0 Å². The molecule has 0 aromatic heterocycles. The van der Waals surface area contributed by atoms with Gasteiger partial charge in [0.2, 0.25) is 0 Å². The number of hydrogen-bond acceptors (Lipinski definition) is 2. The molecule has 0 radical (unpaired) electrons. The van der Waals surface area contributed by atoms with E-state index in [1.165, 1.54) is 86.3 Å². The van der Waals surface area contributed by atoms with Crippen LogP contribution in [0.3, 0.4) is 0 Å². The topological polar surface area (TPSA) is 26.0 Å². The van der Waals surface area contributed by atoms with E-state index in [1.54, 1.807) is 0 Å². The predicted molar refractivity (Wildman–Crippen MR) is 180 cm³/mol. The van der Waals surface area contributed by atoms with Crippen LogP contribution in [-0.2, 0) is 12.8 Å². The number of thiol groups is 1. The molecule has 0 saturated carbocycles. The summed E-state index contributed by atoms with van der Waals surface area (Å²) in [6, 6.07) is 15.5. The maximum atomic E-state index is 4.85. The van der Waals surface area contributed by atoms with E-state index in [9.17, 15) is 0 Å². The molecule has 0 amide bonds. The van der Waals surface area contributed by atoms with Crippen LogP contribution in [0.1, 0.15) is 87.8 Å². The van der Waals surface area contributed by atoms with Gasteiger partial charge < -0.3 is 5.73 Å². The van der Waals surface area contributed by atoms with Crippen LogP contribution in [0.15, 0.2) is 82.3 Å². The highest BCUT2D eigenvalue weighted by molar-refractivity contribution is 7.80. The summed E-state index contributed by atoms with van der Waals surface area (Å²) in [4.78, 5) is 1.08. The van der Waals surface area contributed by atoms with Crippen LogP contribution in [0, 0.1) is 13.8 Å². The van der Waals surface area contributed by atoms with Crippen molar-refractivity contribution in [2.75, 3.05) is 7.05 Å². The maximum absolute atomic E-state index is 4.85. The van der Waals surface area contributed by atoms with Crippen LogP contribution in [0.25, 0.3) is 22.4 Å². The van der Waals surface area contributed by atoms with E-state index in [4.69, 9.17) is 12.6 Å². The van der Waals surface area contributed by atoms with Crippen molar-refractivity contribution in [3.63, 3.8) is 0 Å². The Morgan fingerprint density at radius 2 is 1.72 bits per heavy atom. The first-order valence-corrected chi connectivity index (χ1v) is 14.7. The van der Waals surface area contributed by atoms with E-state index in [2.05, 4.69) is 122 Å². The summed E-state index contributed by atoms with van der Waals surface area (Å²) in [5.74, 6) is 0. The van der Waals surface area contributed by atoms with Crippen LogP contribution in [0.5, 0.6) is 0 Å². The first-order chi connectivity index (χ1) is 18.6. The summed E-state index contributed by atoms with van der Waals surface area (Å²) in [5, 5.41) is 2.79. The van der Waals surface area contributed by atoms with Crippen molar-refractivity contribution in [2.45, 2.75) is 86.0 Å². The first-order valence-electron chi connectivity index (χ1n) is 14.2. The third kappa shape index (κ3) is 7.65. The molecule has 0 bridgehead atoms. The van der Waals surface area contributed by atoms with Crippen molar-refractivity contribution in [1.82, 2.24) is 0 Å². The normalized spacial score (nSPS) is 13.0. The summed E-state index contributed by atoms with van der Waals surface area (Å²) < 4.78 is 0. The van der Waals surface area contributed by atoms with E-state index in [0.717, 1.165) is 23.3 Å². The van der Waals surface area contributed by atoms with Gasteiger partial charge in [0.05, 0.1) is 0 Å². The van der Waals surface area contributed by atoms with E-state index < -0.39 is 0 Å². The molecule has 3 aromatic carbocycles. The monoisotopic (exact) mass is 539 g/mol. The highest BCUT2D eigenvalue weighted by atomic mass is 32.1. The quantitative estimate of drug-likeness (QED) is 0.236. The maximum Gasteiger partial charge on any atom is 0.0125 e. The van der Waals surface area contributed by atoms with E-state index in [1.807, 2.05) is 0 Å². The molecule has 0 fully saturated rings. The van der Waals surface area contributed by atoms with Crippen molar-refractivity contribution in [2.24, 2.45) is 5.73 Å². The van der Waals surface area contributed by atoms with Gasteiger partial charge in [0.25, 0.3) is 0 Å². The summed E-state index contributed by atoms with van der Waals surface area (Å²) in [6.45, 7) is 21.6. The Morgan fingerprint density at radius 1 is 1.03 bits per heavy atom. The second kappa shape index (κ2) is 15.1. The van der Waals surface area contributed by atoms with Gasteiger partial charge in [-0.25, -0.2) is 0 Å². The Morgan fingerprint density at radius 3 is 2.31 bits per heavy atom. The second-order valence-corrected chi connectivity index (χ2v) is 11.0. The van der Waals surface area contributed by atoms with Gasteiger partial charge in [0.15, 0.2) is 0 Å². The molecule has 1 aliphatic carbocycles. The van der Waals surface area contributed by atoms with Crippen molar-refractivity contribution in [3.8, 4) is 0 Å². The third-order valence-electron chi connectivity index (χ3n) is 7.58. The molecule has 1 aliphatic rings. The Labute approximate surface area is 244 Å². The van der Waals surface area contributed by atoms with E-state index in [0.29, 0.717) is 0 Å². The lowest BCUT2D eigenvalue weighted by molar-refractivity contribution is 0.929. The summed E-state index contributed by atoms with van der Waals surface area (Å²) in [7, 11) is 1.50. The number of fused-ring (bicyclic) bond motifs is 2. The molecule has 0 saturated heterocycles. The van der Waals surface area contributed by atoms with Gasteiger partial charge in [-0.2, -0.15) is 0 Å². The molecule has 4 rings (SSSR count). The molecular weight excluding hydrogens is 490 g/mol. The van der Waals surface area contributed by atoms with Gasteiger partial charge in [-0.3, -0.25) is 0 Å². The highest BCUT2D eigenvalue weighted by Crippen LogP contribution is 2.42. The lowest BCUT2D eigenvalue weighted by Gasteiger charge is -2.20. The van der Waals surface area contributed by atoms with Gasteiger partial charge >= 0.3 is 0 Å². The summed E-state index contributed by atoms with van der Waals surface area (Å²) in [6.07, 6.45) is 8.93. The Kier molecular flexibility index (Phi) is 12.5. The molecule has 0 heterocycles. The average Bonchev–Trinajstić information content (AvgIpc) is 3.38. The number of allylic oxidation sites excluding steroid dienone is 6. The Bertz CT molecular complexity index is 1420. The average molecular weight is 540 g/mol. The fraction of sp³-hybridized carbons (Fsp3) is 0.351. The van der Waals surface area contributed by atoms with Crippen LogP contribution in [0.2, 0.25) is 0 Å². The van der Waals surface area contributed by atoms with Crippen molar-refractivity contribution in [1.29, 1.82) is 0 Å². The van der Waals surface area contributed by atoms with Gasteiger partial charge in [-0.05, 0) is 129 Å². The molecule has 0 aliphatic heterocycles. The smallest absolute Gasteiger partial charge is 0.0125 e. The zero-order chi connectivity index (χ0) is 29.3. The molecule has 1 nitrogen and oxygen atoms in total. The molecule has 39 heavy (non-hydrogen) atoms. The molecule has 0 unspecified atom stereocenters. The molecule has 3 aromatic rings. The minimum atomic E-state index is 0.965. The molecular formula is C37H49NS. The van der Waals surface area contributed by atoms with Gasteiger partial charge in [-0.1, -0.05) is 92.1 Å². The summed E-state index contributed by atoms with van der Waals surface area (Å²) in [5.41, 5.74) is 19.3. The number of nitrogens with two attached hydrogens (primary N) is 1. The van der Waals surface area contributed by atoms with Crippen molar-refractivity contribution in [3.05, 3.63) is 111 Å². The summed E-state index contributed by atoms with van der Waals surface area (Å²) >= 11 is 4.85. The molecule has 208 valence electrons. The molecule has 0 spiro atoms. The largest absolute Gasteiger partial charge is 0.333 e. The van der Waals surface area contributed by atoms with Crippen molar-refractivity contribution >= 4 is 35.1 Å². The van der Waals surface area contributed by atoms with Gasteiger partial charge in [-0.15, -0.1) is 12.6 Å². The standard InChI is InChI=1S/C22H28S.C14H16.CH5N/c1-8-14(5)21(15(6)9-2)22-19-12-17(13(3)4)11-18(19)16(7)10-20(22)23;1-3-5-12-6-4-7-13-10-11(2)8-9-14(12)13;1-2/h8,10-11,23H,3,9,12H2,1-2,4-7H3;4,6-10H,3,5H2,1-2H3;2H2,1H3/b14-8-,21-15+;;. The Hall–Kier alpha value is -2.81. The highest BCUT2D eigenvalue weighted by Gasteiger charge is 2.24. The number of rotatable bonds is 6. The number of aryl methyl sites for hydroxylation is 3. The fourth-order valence-electron chi connectivity index (χ4n) is 5.26. The SMILES string of the molecule is C=C(C)C1=Cc2c(C)cc(S)c(C(/C(C)=C\C)=C(\C)CC)c2C1.CCCc1cccc2cc(C)ccc12.CN. The lowest BCUT2D eigenvalue weighted by atomic mass is 9.86. The Balaban J connectivity index is 0.000000284. The lowest BCUT2D eigenvalue weighted by Crippen LogP contribution is -2.01. The van der Waals surface area contributed by atoms with E-state index >= 15 is 0 Å². The number of benzene rings is 3. The number of hydrogen-bond donors (Lipinski definition) is 2. The van der Waals surface area contributed by atoms with Crippen molar-refractivity contribution < 1.29 is 0 Å². The van der Waals surface area contributed by atoms with E-state index in [-0.39, 0.29) is 0 Å². The molecule has 2 heteroatoms. The van der Waals surface area contributed by atoms with Crippen LogP contribution >= 0.6 is 12.6 Å². The molecule has 2 N–H and O–H groups in total. The fourth-order valence-corrected chi connectivity index (χ4v) is 5.70. The predicted octanol–water partition coefficient (Wildman–Crippen LogP) is 10.6. The van der Waals surface area contributed by atoms with Crippen LogP contribution in [-0.4, -0.2) is 7.05 Å². The minimum Gasteiger partial charge on any atom is -0.333 e.